The van der Waals surface area contributed by atoms with Gasteiger partial charge in [-0.05, 0) is 47.0 Å². The fourth-order valence-electron chi connectivity index (χ4n) is 7.24. The quantitative estimate of drug-likeness (QED) is 0.0723. The molecule has 0 aromatic heterocycles. The Morgan fingerprint density at radius 1 is 0.468 bits per heavy atom. The van der Waals surface area contributed by atoms with Crippen molar-refractivity contribution in [2.75, 3.05) is 5.32 Å². The fourth-order valence-corrected chi connectivity index (χ4v) is 7.24. The van der Waals surface area contributed by atoms with Crippen LogP contribution in [0.2, 0.25) is 0 Å². The molecule has 4 atom stereocenters. The molecule has 0 heterocycles. The van der Waals surface area contributed by atoms with Crippen LogP contribution in [0, 0.1) is 35.3 Å². The van der Waals surface area contributed by atoms with Gasteiger partial charge in [0.2, 0.25) is 5.91 Å². The average Bonchev–Trinajstić information content (AvgIpc) is 3.29. The van der Waals surface area contributed by atoms with Gasteiger partial charge in [0.15, 0.2) is 23.2 Å². The van der Waals surface area contributed by atoms with Gasteiger partial charge in [0, 0.05) is 35.1 Å². The van der Waals surface area contributed by atoms with E-state index in [1.165, 1.54) is 0 Å². The lowest BCUT2D eigenvalue weighted by Crippen LogP contribution is -2.40. The zero-order valence-corrected chi connectivity index (χ0v) is 35.0. The highest BCUT2D eigenvalue weighted by atomic mass is 19.2. The van der Waals surface area contributed by atoms with Crippen molar-refractivity contribution in [2.45, 2.75) is 46.0 Å². The summed E-state index contributed by atoms with van der Waals surface area (Å²) in [7, 11) is 0. The molecule has 0 aliphatic heterocycles. The normalized spacial score (nSPS) is 12.8. The summed E-state index contributed by atoms with van der Waals surface area (Å²) in [6.07, 6.45) is 0.120. The van der Waals surface area contributed by atoms with Gasteiger partial charge in [-0.1, -0.05) is 167 Å². The van der Waals surface area contributed by atoms with Crippen LogP contribution in [-0.4, -0.2) is 34.8 Å². The predicted molar refractivity (Wildman–Crippen MR) is 237 cm³/mol. The fraction of sp³-hybridized carbons (Fsp3) is 0.208. The molecule has 0 aliphatic carbocycles. The van der Waals surface area contributed by atoms with Crippen molar-refractivity contribution in [3.63, 3.8) is 0 Å². The molecule has 6 aromatic rings. The Kier molecular flexibility index (Phi) is 16.4. The van der Waals surface area contributed by atoms with Crippen molar-refractivity contribution in [2.24, 2.45) is 23.7 Å². The highest BCUT2D eigenvalue weighted by Crippen LogP contribution is 2.35. The second-order valence-electron chi connectivity index (χ2n) is 15.6. The summed E-state index contributed by atoms with van der Waals surface area (Å²) >= 11 is 0. The molecule has 0 fully saturated rings. The smallest absolute Gasteiger partial charge is 0.236 e. The average molecular weight is 834 g/mol. The number of ketones is 5. The third-order valence-electron chi connectivity index (χ3n) is 10.5. The molecule has 6 rings (SSSR count). The Hall–Kier alpha value is -7.00. The minimum atomic E-state index is -1.36. The van der Waals surface area contributed by atoms with Crippen molar-refractivity contribution in [3.8, 4) is 0 Å². The molecule has 0 aliphatic rings. The van der Waals surface area contributed by atoms with E-state index in [1.54, 1.807) is 113 Å². The highest BCUT2D eigenvalue weighted by molar-refractivity contribution is 6.15. The van der Waals surface area contributed by atoms with Gasteiger partial charge >= 0.3 is 0 Å². The molecular weight excluding hydrogens is 785 g/mol. The van der Waals surface area contributed by atoms with E-state index in [1.807, 2.05) is 66.7 Å². The van der Waals surface area contributed by atoms with Crippen molar-refractivity contribution in [1.82, 2.24) is 0 Å². The van der Waals surface area contributed by atoms with E-state index < -0.39 is 58.7 Å². The first-order valence-corrected chi connectivity index (χ1v) is 20.5. The molecule has 316 valence electrons. The topological polar surface area (TPSA) is 114 Å². The number of para-hydroxylation sites is 1. The number of hydrogen-bond donors (Lipinski definition) is 1. The summed E-state index contributed by atoms with van der Waals surface area (Å²) < 4.78 is 27.3. The van der Waals surface area contributed by atoms with E-state index in [0.29, 0.717) is 22.4 Å². The number of carbonyl (C=O) groups excluding carboxylic acids is 6. The van der Waals surface area contributed by atoms with Crippen molar-refractivity contribution < 1.29 is 37.5 Å². The van der Waals surface area contributed by atoms with Crippen LogP contribution in [-0.2, 0) is 25.6 Å². The van der Waals surface area contributed by atoms with Crippen molar-refractivity contribution in [1.29, 1.82) is 0 Å². The van der Waals surface area contributed by atoms with E-state index in [0.717, 1.165) is 23.8 Å². The Morgan fingerprint density at radius 2 is 0.887 bits per heavy atom. The third kappa shape index (κ3) is 11.8. The lowest BCUT2D eigenvalue weighted by molar-refractivity contribution is -0.135. The van der Waals surface area contributed by atoms with Crippen LogP contribution in [0.4, 0.5) is 14.5 Å². The van der Waals surface area contributed by atoms with E-state index in [-0.39, 0.29) is 35.3 Å². The first kappa shape index (κ1) is 46.1. The molecule has 0 saturated carbocycles. The number of halogens is 2. The van der Waals surface area contributed by atoms with E-state index >= 15 is 0 Å². The second kappa shape index (κ2) is 22.0. The Morgan fingerprint density at radius 3 is 1.37 bits per heavy atom. The number of hydrogen-bond acceptors (Lipinski definition) is 6. The number of carbonyl (C=O) groups is 6. The Labute approximate surface area is 361 Å². The van der Waals surface area contributed by atoms with Crippen LogP contribution in [0.15, 0.2) is 170 Å². The van der Waals surface area contributed by atoms with Crippen molar-refractivity contribution in [3.05, 3.63) is 209 Å². The number of nitrogens with one attached hydrogen (secondary N) is 1. The van der Waals surface area contributed by atoms with Crippen LogP contribution in [0.5, 0.6) is 0 Å². The summed E-state index contributed by atoms with van der Waals surface area (Å²) in [4.78, 5) is 80.3. The lowest BCUT2D eigenvalue weighted by Gasteiger charge is -2.26. The van der Waals surface area contributed by atoms with Gasteiger partial charge in [-0.2, -0.15) is 0 Å². The van der Waals surface area contributed by atoms with Gasteiger partial charge in [0.25, 0.3) is 0 Å². The van der Waals surface area contributed by atoms with Gasteiger partial charge in [-0.15, -0.1) is 0 Å². The van der Waals surface area contributed by atoms with Crippen LogP contribution >= 0.6 is 0 Å². The molecule has 62 heavy (non-hydrogen) atoms. The summed E-state index contributed by atoms with van der Waals surface area (Å²) in [5.74, 6) is -9.94. The Balaban J connectivity index is 0.000000235. The van der Waals surface area contributed by atoms with Crippen LogP contribution in [0.1, 0.15) is 76.9 Å². The second-order valence-corrected chi connectivity index (χ2v) is 15.6. The van der Waals surface area contributed by atoms with Gasteiger partial charge in [-0.25, -0.2) is 8.78 Å². The standard InChI is InChI=1S/C27H26O3.C26H23F2NO3/c1-19(2)26(29)25(23(28)18-20-12-6-3-7-13-20)24(21-14-8-4-9-15-21)27(30)22-16-10-5-11-17-22;1-16(2)24(30)23(26(32)29-19-11-7-4-8-12-19)22(17-9-5-3-6-10-17)25(31)18-13-14-20(27)21(28)15-18/h3-17,19,24-25H,18H2,1-2H3;3-16,22-23H,1-2H3,(H,29,32). The molecule has 0 spiro atoms. The monoisotopic (exact) mass is 833 g/mol. The third-order valence-corrected chi connectivity index (χ3v) is 10.5. The maximum atomic E-state index is 13.9. The predicted octanol–water partition coefficient (Wildman–Crippen LogP) is 10.7. The molecular formula is C53H49F2NO6. The maximum absolute atomic E-state index is 13.9. The van der Waals surface area contributed by atoms with E-state index in [4.69, 9.17) is 0 Å². The molecule has 1 amide bonds. The van der Waals surface area contributed by atoms with Gasteiger partial charge in [0.1, 0.15) is 23.3 Å². The minimum Gasteiger partial charge on any atom is -0.325 e. The minimum absolute atomic E-state index is 0.119. The molecule has 9 heteroatoms. The number of Topliss-reactive ketones (excluding diaryl/α,β-unsaturated/α-hetero) is 5. The first-order valence-electron chi connectivity index (χ1n) is 20.5. The molecule has 4 unspecified atom stereocenters. The number of amides is 1. The number of anilines is 1. The summed E-state index contributed by atoms with van der Waals surface area (Å²) in [6, 6.07) is 47.2. The van der Waals surface area contributed by atoms with Crippen molar-refractivity contribution >= 4 is 40.5 Å². The Bertz CT molecular complexity index is 2460. The van der Waals surface area contributed by atoms with E-state index in [9.17, 15) is 37.5 Å². The first-order chi connectivity index (χ1) is 29.8. The zero-order valence-electron chi connectivity index (χ0n) is 35.0. The van der Waals surface area contributed by atoms with Gasteiger partial charge in [-0.3, -0.25) is 28.8 Å². The van der Waals surface area contributed by atoms with Crippen LogP contribution in [0.25, 0.3) is 0 Å². The summed E-state index contributed by atoms with van der Waals surface area (Å²) in [5, 5.41) is 2.71. The van der Waals surface area contributed by atoms with E-state index in [2.05, 4.69) is 5.32 Å². The summed E-state index contributed by atoms with van der Waals surface area (Å²) in [5.41, 5.74) is 2.82. The number of benzene rings is 6. The lowest BCUT2D eigenvalue weighted by atomic mass is 9.73. The molecule has 7 nitrogen and oxygen atoms in total. The van der Waals surface area contributed by atoms with Crippen LogP contribution < -0.4 is 5.32 Å². The molecule has 0 radical (unpaired) electrons. The van der Waals surface area contributed by atoms with Gasteiger partial charge in [0.05, 0.1) is 17.8 Å². The molecule has 1 N–H and O–H groups in total. The SMILES string of the molecule is CC(C)C(=O)C(C(=O)Cc1ccccc1)C(C(=O)c1ccccc1)c1ccccc1.CC(C)C(=O)C(C(=O)Nc1ccccc1)C(C(=O)c1ccc(F)c(F)c1)c1ccccc1. The molecule has 0 bridgehead atoms. The zero-order chi connectivity index (χ0) is 44.8. The van der Waals surface area contributed by atoms with Gasteiger partial charge < -0.3 is 5.32 Å². The van der Waals surface area contributed by atoms with Crippen LogP contribution in [0.3, 0.4) is 0 Å². The largest absolute Gasteiger partial charge is 0.325 e. The molecule has 0 saturated heterocycles. The summed E-state index contributed by atoms with van der Waals surface area (Å²) in [6.45, 7) is 6.85. The number of rotatable bonds is 17. The maximum Gasteiger partial charge on any atom is 0.236 e. The molecule has 6 aromatic carbocycles. The highest BCUT2D eigenvalue weighted by Gasteiger charge is 2.42.